The van der Waals surface area contributed by atoms with Crippen LogP contribution in [0.2, 0.25) is 0 Å². The number of aliphatic hydroxyl groups is 1. The molecule has 1 fully saturated rings. The topological polar surface area (TPSA) is 32.7 Å². The summed E-state index contributed by atoms with van der Waals surface area (Å²) in [5.74, 6) is 0.136. The van der Waals surface area contributed by atoms with Crippen molar-refractivity contribution in [3.63, 3.8) is 0 Å². The highest BCUT2D eigenvalue weighted by Gasteiger charge is 2.53. The summed E-state index contributed by atoms with van der Waals surface area (Å²) in [5, 5.41) is 12.7. The first-order chi connectivity index (χ1) is 9.26. The lowest BCUT2D eigenvalue weighted by molar-refractivity contribution is -0.0913. The molecule has 0 saturated carbocycles. The summed E-state index contributed by atoms with van der Waals surface area (Å²) in [6.45, 7) is 13.1. The molecule has 1 aliphatic rings. The quantitative estimate of drug-likeness (QED) is 0.906. The number of hydrogen-bond donors (Lipinski definition) is 1. The Kier molecular flexibility index (Phi) is 4.59. The lowest BCUT2D eigenvalue weighted by Crippen LogP contribution is -2.43. The molecule has 1 N–H and O–H groups in total. The predicted octanol–water partition coefficient (Wildman–Crippen LogP) is 3.13. The molecule has 3 nitrogen and oxygen atoms in total. The maximum Gasteiger partial charge on any atom is 0.0896 e. The van der Waals surface area contributed by atoms with E-state index >= 15 is 0 Å². The van der Waals surface area contributed by atoms with Gasteiger partial charge in [-0.05, 0) is 45.7 Å². The number of nitrogens with zero attached hydrogens (tertiary/aromatic N) is 1. The number of hydrogen-bond acceptors (Lipinski definition) is 4. The molecule has 2 unspecified atom stereocenters. The molecule has 20 heavy (non-hydrogen) atoms. The van der Waals surface area contributed by atoms with Gasteiger partial charge in [-0.1, -0.05) is 13.0 Å². The fraction of sp³-hybridized carbons (Fsp3) is 0.750. The van der Waals surface area contributed by atoms with Crippen molar-refractivity contribution >= 4 is 11.3 Å². The fourth-order valence-corrected chi connectivity index (χ4v) is 3.95. The van der Waals surface area contributed by atoms with Crippen LogP contribution in [-0.2, 0) is 11.3 Å². The molecule has 1 aromatic heterocycles. The van der Waals surface area contributed by atoms with Crippen molar-refractivity contribution in [2.75, 3.05) is 13.1 Å². The first-order valence-corrected chi connectivity index (χ1v) is 8.27. The maximum absolute atomic E-state index is 10.6. The second-order valence-corrected chi connectivity index (χ2v) is 7.80. The minimum Gasteiger partial charge on any atom is -0.390 e. The van der Waals surface area contributed by atoms with Gasteiger partial charge in [-0.2, -0.15) is 0 Å². The highest BCUT2D eigenvalue weighted by Crippen LogP contribution is 2.42. The second kappa shape index (κ2) is 5.76. The van der Waals surface area contributed by atoms with Crippen molar-refractivity contribution in [1.29, 1.82) is 0 Å². The molecule has 1 aliphatic heterocycles. The summed E-state index contributed by atoms with van der Waals surface area (Å²) in [6, 6.07) is 4.26. The van der Waals surface area contributed by atoms with Gasteiger partial charge >= 0.3 is 0 Å². The molecule has 4 heteroatoms. The maximum atomic E-state index is 10.6. The Morgan fingerprint density at radius 2 is 2.00 bits per heavy atom. The molecule has 0 amide bonds. The van der Waals surface area contributed by atoms with E-state index < -0.39 is 11.7 Å². The van der Waals surface area contributed by atoms with Crippen LogP contribution in [0, 0.1) is 5.92 Å². The molecule has 0 aliphatic carbocycles. The van der Waals surface area contributed by atoms with E-state index in [9.17, 15) is 5.11 Å². The Bertz CT molecular complexity index is 428. The molecule has 2 heterocycles. The van der Waals surface area contributed by atoms with Gasteiger partial charge in [-0.25, -0.2) is 0 Å². The molecule has 114 valence electrons. The van der Waals surface area contributed by atoms with E-state index in [0.717, 1.165) is 19.6 Å². The van der Waals surface area contributed by atoms with Crippen LogP contribution in [0.4, 0.5) is 0 Å². The number of aliphatic hydroxyl groups excluding tert-OH is 1. The lowest BCUT2D eigenvalue weighted by Gasteiger charge is -2.32. The van der Waals surface area contributed by atoms with Crippen LogP contribution in [0.5, 0.6) is 0 Å². The Morgan fingerprint density at radius 1 is 1.30 bits per heavy atom. The van der Waals surface area contributed by atoms with E-state index in [1.165, 1.54) is 4.88 Å². The number of thiophene rings is 1. The molecule has 0 radical (unpaired) electrons. The second-order valence-electron chi connectivity index (χ2n) is 6.77. The Hall–Kier alpha value is -0.420. The van der Waals surface area contributed by atoms with Crippen LogP contribution in [-0.4, -0.2) is 40.4 Å². The SMILES string of the molecule is CCN(Cc1cccs1)CC1C(O)C(C)(C)OC1(C)C. The van der Waals surface area contributed by atoms with Crippen molar-refractivity contribution in [3.8, 4) is 0 Å². The van der Waals surface area contributed by atoms with E-state index in [-0.39, 0.29) is 11.5 Å². The number of ether oxygens (including phenoxy) is 1. The first kappa shape index (κ1) is 16.0. The van der Waals surface area contributed by atoms with Gasteiger partial charge in [0.05, 0.1) is 17.3 Å². The van der Waals surface area contributed by atoms with Crippen LogP contribution < -0.4 is 0 Å². The summed E-state index contributed by atoms with van der Waals surface area (Å²) < 4.78 is 6.07. The van der Waals surface area contributed by atoms with Crippen molar-refractivity contribution in [2.24, 2.45) is 5.92 Å². The minimum absolute atomic E-state index is 0.136. The summed E-state index contributed by atoms with van der Waals surface area (Å²) >= 11 is 1.79. The van der Waals surface area contributed by atoms with Gasteiger partial charge < -0.3 is 9.84 Å². The molecule has 0 spiro atoms. The lowest BCUT2D eigenvalue weighted by atomic mass is 9.84. The highest BCUT2D eigenvalue weighted by atomic mass is 32.1. The van der Waals surface area contributed by atoms with Gasteiger partial charge in [0.25, 0.3) is 0 Å². The zero-order chi connectivity index (χ0) is 15.0. The molecule has 2 atom stereocenters. The van der Waals surface area contributed by atoms with Gasteiger partial charge in [0.1, 0.15) is 0 Å². The van der Waals surface area contributed by atoms with Crippen LogP contribution in [0.25, 0.3) is 0 Å². The van der Waals surface area contributed by atoms with Crippen molar-refractivity contribution < 1.29 is 9.84 Å². The monoisotopic (exact) mass is 297 g/mol. The van der Waals surface area contributed by atoms with E-state index in [4.69, 9.17) is 4.74 Å². The smallest absolute Gasteiger partial charge is 0.0896 e. The van der Waals surface area contributed by atoms with Gasteiger partial charge in [0.15, 0.2) is 0 Å². The normalized spacial score (nSPS) is 28.1. The van der Waals surface area contributed by atoms with Gasteiger partial charge in [-0.15, -0.1) is 11.3 Å². The zero-order valence-corrected chi connectivity index (χ0v) is 14.0. The first-order valence-electron chi connectivity index (χ1n) is 7.39. The standard InChI is InChI=1S/C16H27NO2S/c1-6-17(10-12-8-7-9-20-12)11-13-14(18)16(4,5)19-15(13,2)3/h7-9,13-14,18H,6,10-11H2,1-5H3. The third-order valence-electron chi connectivity index (χ3n) is 4.37. The third kappa shape index (κ3) is 3.25. The Morgan fingerprint density at radius 3 is 2.45 bits per heavy atom. The summed E-state index contributed by atoms with van der Waals surface area (Å²) in [5.41, 5.74) is -0.748. The van der Waals surface area contributed by atoms with Crippen LogP contribution in [0.1, 0.15) is 39.5 Å². The van der Waals surface area contributed by atoms with Crippen LogP contribution >= 0.6 is 11.3 Å². The summed E-state index contributed by atoms with van der Waals surface area (Å²) in [4.78, 5) is 3.77. The van der Waals surface area contributed by atoms with E-state index in [0.29, 0.717) is 0 Å². The average Bonchev–Trinajstić information content (AvgIpc) is 2.88. The average molecular weight is 297 g/mol. The van der Waals surface area contributed by atoms with Gasteiger partial charge in [0, 0.05) is 23.9 Å². The summed E-state index contributed by atoms with van der Waals surface area (Å²) in [6.07, 6.45) is -0.421. The molecule has 1 saturated heterocycles. The summed E-state index contributed by atoms with van der Waals surface area (Å²) in [7, 11) is 0. The minimum atomic E-state index is -0.462. The van der Waals surface area contributed by atoms with Crippen LogP contribution in [0.3, 0.4) is 0 Å². The molecule has 0 bridgehead atoms. The molecule has 1 aromatic rings. The molecule has 0 aromatic carbocycles. The zero-order valence-electron chi connectivity index (χ0n) is 13.2. The van der Waals surface area contributed by atoms with Crippen molar-refractivity contribution in [2.45, 2.75) is 58.5 Å². The van der Waals surface area contributed by atoms with E-state index in [1.54, 1.807) is 11.3 Å². The number of rotatable bonds is 5. The van der Waals surface area contributed by atoms with Crippen molar-refractivity contribution in [1.82, 2.24) is 4.90 Å². The predicted molar refractivity (Wildman–Crippen MR) is 84.0 cm³/mol. The van der Waals surface area contributed by atoms with Gasteiger partial charge in [-0.3, -0.25) is 4.90 Å². The van der Waals surface area contributed by atoms with E-state index in [1.807, 2.05) is 13.8 Å². The highest BCUT2D eigenvalue weighted by molar-refractivity contribution is 7.09. The van der Waals surface area contributed by atoms with Gasteiger partial charge in [0.2, 0.25) is 0 Å². The molecular weight excluding hydrogens is 270 g/mol. The largest absolute Gasteiger partial charge is 0.390 e. The fourth-order valence-electron chi connectivity index (χ4n) is 3.20. The van der Waals surface area contributed by atoms with Crippen LogP contribution in [0.15, 0.2) is 17.5 Å². The van der Waals surface area contributed by atoms with Crippen molar-refractivity contribution in [3.05, 3.63) is 22.4 Å². The molecular formula is C16H27NO2S. The third-order valence-corrected chi connectivity index (χ3v) is 5.24. The molecule has 2 rings (SSSR count). The Labute approximate surface area is 126 Å². The Balaban J connectivity index is 2.06. The van der Waals surface area contributed by atoms with E-state index in [2.05, 4.69) is 43.2 Å².